The fourth-order valence-corrected chi connectivity index (χ4v) is 6.38. The molecule has 1 amide bonds. The Hall–Kier alpha value is -3.68. The third kappa shape index (κ3) is 7.84. The Morgan fingerprint density at radius 1 is 0.953 bits per heavy atom. The minimum absolute atomic E-state index is 0. The molecule has 0 radical (unpaired) electrons. The van der Waals surface area contributed by atoms with Crippen molar-refractivity contribution in [3.8, 4) is 0 Å². The van der Waals surface area contributed by atoms with Gasteiger partial charge >= 0.3 is 0 Å². The van der Waals surface area contributed by atoms with Crippen LogP contribution in [0.1, 0.15) is 17.0 Å². The molecule has 1 aliphatic heterocycles. The van der Waals surface area contributed by atoms with Crippen LogP contribution in [0.3, 0.4) is 0 Å². The fourth-order valence-electron chi connectivity index (χ4n) is 4.93. The number of nitrogens with two attached hydrogens (primary N) is 2. The first kappa shape index (κ1) is 33.8. The molecule has 43 heavy (non-hydrogen) atoms. The predicted molar refractivity (Wildman–Crippen MR) is 172 cm³/mol. The zero-order valence-electron chi connectivity index (χ0n) is 23.4. The first-order valence-corrected chi connectivity index (χ1v) is 14.7. The maximum Gasteiger partial charge on any atom is 0.264 e. The zero-order chi connectivity index (χ0) is 29.0. The molecule has 1 fully saturated rings. The molecule has 11 nitrogen and oxygen atoms in total. The summed E-state index contributed by atoms with van der Waals surface area (Å²) >= 11 is 0. The van der Waals surface area contributed by atoms with Crippen LogP contribution in [-0.4, -0.2) is 74.0 Å². The van der Waals surface area contributed by atoms with Gasteiger partial charge in [0, 0.05) is 38.2 Å². The average molecular weight is 649 g/mol. The van der Waals surface area contributed by atoms with E-state index in [0.717, 1.165) is 40.8 Å². The molecule has 0 atom stereocenters. The number of primary amides is 1. The first-order valence-electron chi connectivity index (χ1n) is 13.3. The van der Waals surface area contributed by atoms with E-state index < -0.39 is 22.5 Å². The highest BCUT2D eigenvalue weighted by molar-refractivity contribution is 7.92. The van der Waals surface area contributed by atoms with E-state index in [9.17, 15) is 13.2 Å². The Labute approximate surface area is 263 Å². The van der Waals surface area contributed by atoms with Gasteiger partial charge in [-0.25, -0.2) is 13.4 Å². The first-order chi connectivity index (χ1) is 19.7. The van der Waals surface area contributed by atoms with Crippen molar-refractivity contribution in [3.63, 3.8) is 0 Å². The third-order valence-corrected chi connectivity index (χ3v) is 8.89. The lowest BCUT2D eigenvalue weighted by Crippen LogP contribution is -2.38. The van der Waals surface area contributed by atoms with Crippen LogP contribution >= 0.6 is 24.8 Å². The summed E-state index contributed by atoms with van der Waals surface area (Å²) in [6.45, 7) is 4.11. The van der Waals surface area contributed by atoms with Gasteiger partial charge in [0.15, 0.2) is 0 Å². The number of hydrogen-bond acceptors (Lipinski definition) is 7. The van der Waals surface area contributed by atoms with Gasteiger partial charge in [-0.1, -0.05) is 42.5 Å². The molecule has 2 heterocycles. The van der Waals surface area contributed by atoms with E-state index in [-0.39, 0.29) is 35.5 Å². The van der Waals surface area contributed by atoms with Crippen molar-refractivity contribution in [3.05, 3.63) is 89.7 Å². The molecule has 0 bridgehead atoms. The molecule has 0 unspecified atom stereocenters. The molecule has 14 heteroatoms. The standard InChI is InChI=1S/C29H33N7O4S.2ClH/c30-27(37)20-36(41(38,39)24-4-2-1-3-5-24)23-10-11-26-25(19-23)33-28(18-21-6-8-22(9-7-21)29(31)32)35(26)13-12-34-14-16-40-17-15-34;;/h1-11,19H,12-18,20H2,(H2,30,37)(H3,31,32);2*1H. The van der Waals surface area contributed by atoms with Crippen LogP contribution in [0, 0.1) is 5.41 Å². The summed E-state index contributed by atoms with van der Waals surface area (Å²) in [6, 6.07) is 20.6. The number of halogens is 2. The summed E-state index contributed by atoms with van der Waals surface area (Å²) in [4.78, 5) is 19.3. The summed E-state index contributed by atoms with van der Waals surface area (Å²) in [6.07, 6.45) is 0.526. The highest BCUT2D eigenvalue weighted by atomic mass is 35.5. The number of rotatable bonds is 11. The molecule has 1 aromatic heterocycles. The molecule has 1 aliphatic rings. The monoisotopic (exact) mass is 647 g/mol. The lowest BCUT2D eigenvalue weighted by molar-refractivity contribution is -0.116. The molecule has 5 N–H and O–H groups in total. The van der Waals surface area contributed by atoms with Crippen LogP contribution in [0.15, 0.2) is 77.7 Å². The Bertz CT molecular complexity index is 1660. The highest BCUT2D eigenvalue weighted by Gasteiger charge is 2.27. The summed E-state index contributed by atoms with van der Waals surface area (Å²) in [5.74, 6) is 0.0523. The van der Waals surface area contributed by atoms with E-state index in [4.69, 9.17) is 26.6 Å². The van der Waals surface area contributed by atoms with Gasteiger partial charge in [0.1, 0.15) is 18.2 Å². The summed E-state index contributed by atoms with van der Waals surface area (Å²) in [5, 5.41) is 7.65. The quantitative estimate of drug-likeness (QED) is 0.167. The normalized spacial score (nSPS) is 13.6. The topological polar surface area (TPSA) is 161 Å². The van der Waals surface area contributed by atoms with Crippen LogP contribution in [0.4, 0.5) is 5.69 Å². The van der Waals surface area contributed by atoms with Gasteiger partial charge in [-0.05, 0) is 35.9 Å². The highest BCUT2D eigenvalue weighted by Crippen LogP contribution is 2.28. The maximum atomic E-state index is 13.5. The second-order valence-corrected chi connectivity index (χ2v) is 11.7. The summed E-state index contributed by atoms with van der Waals surface area (Å²) < 4.78 is 35.7. The number of benzene rings is 3. The third-order valence-electron chi connectivity index (χ3n) is 7.10. The van der Waals surface area contributed by atoms with Crippen molar-refractivity contribution in [1.82, 2.24) is 14.5 Å². The van der Waals surface area contributed by atoms with Crippen molar-refractivity contribution >= 4 is 63.3 Å². The number of imidazole rings is 1. The number of hydrogen-bond donors (Lipinski definition) is 3. The Kier molecular flexibility index (Phi) is 11.5. The number of morpholine rings is 1. The number of sulfonamides is 1. The maximum absolute atomic E-state index is 13.5. The van der Waals surface area contributed by atoms with E-state index in [1.54, 1.807) is 30.3 Å². The lowest BCUT2D eigenvalue weighted by Gasteiger charge is -2.27. The zero-order valence-corrected chi connectivity index (χ0v) is 25.8. The molecule has 0 spiro atoms. The van der Waals surface area contributed by atoms with Gasteiger partial charge < -0.3 is 20.8 Å². The lowest BCUT2D eigenvalue weighted by atomic mass is 10.1. The Morgan fingerprint density at radius 2 is 1.63 bits per heavy atom. The predicted octanol–water partition coefficient (Wildman–Crippen LogP) is 2.77. The molecular weight excluding hydrogens is 613 g/mol. The van der Waals surface area contributed by atoms with Gasteiger partial charge in [0.05, 0.1) is 34.8 Å². The van der Waals surface area contributed by atoms with E-state index in [1.807, 2.05) is 30.3 Å². The number of nitrogens with one attached hydrogen (secondary N) is 1. The van der Waals surface area contributed by atoms with Gasteiger partial charge in [0.2, 0.25) is 5.91 Å². The second kappa shape index (κ2) is 14.7. The van der Waals surface area contributed by atoms with Gasteiger partial charge in [0.25, 0.3) is 10.0 Å². The number of carbonyl (C=O) groups is 1. The number of nitrogen functional groups attached to an aromatic ring is 1. The van der Waals surface area contributed by atoms with Crippen molar-refractivity contribution < 1.29 is 17.9 Å². The van der Waals surface area contributed by atoms with Crippen LogP contribution in [0.25, 0.3) is 11.0 Å². The van der Waals surface area contributed by atoms with Crippen LogP contribution < -0.4 is 15.8 Å². The molecule has 3 aromatic carbocycles. The summed E-state index contributed by atoms with van der Waals surface area (Å²) in [7, 11) is -4.05. The number of fused-ring (bicyclic) bond motifs is 1. The van der Waals surface area contributed by atoms with Crippen molar-refractivity contribution in [2.75, 3.05) is 43.7 Å². The number of ether oxygens (including phenoxy) is 1. The number of anilines is 1. The molecule has 5 rings (SSSR count). The number of aromatic nitrogens is 2. The van der Waals surface area contributed by atoms with Crippen molar-refractivity contribution in [2.24, 2.45) is 11.5 Å². The molecule has 230 valence electrons. The molecule has 0 saturated carbocycles. The van der Waals surface area contributed by atoms with Gasteiger partial charge in [-0.3, -0.25) is 19.4 Å². The minimum Gasteiger partial charge on any atom is -0.384 e. The second-order valence-electron chi connectivity index (χ2n) is 9.89. The summed E-state index contributed by atoms with van der Waals surface area (Å²) in [5.41, 5.74) is 14.5. The smallest absolute Gasteiger partial charge is 0.264 e. The van der Waals surface area contributed by atoms with E-state index in [2.05, 4.69) is 9.47 Å². The van der Waals surface area contributed by atoms with E-state index in [0.29, 0.717) is 42.9 Å². The van der Waals surface area contributed by atoms with E-state index >= 15 is 0 Å². The number of amides is 1. The van der Waals surface area contributed by atoms with Gasteiger partial charge in [-0.15, -0.1) is 24.8 Å². The average Bonchev–Trinajstić information content (AvgIpc) is 3.31. The largest absolute Gasteiger partial charge is 0.384 e. The number of amidine groups is 1. The number of carbonyl (C=O) groups excluding carboxylic acids is 1. The molecular formula is C29H35Cl2N7O4S. The van der Waals surface area contributed by atoms with Crippen LogP contribution in [0.5, 0.6) is 0 Å². The number of nitrogens with zero attached hydrogens (tertiary/aromatic N) is 4. The van der Waals surface area contributed by atoms with Crippen LogP contribution in [0.2, 0.25) is 0 Å². The van der Waals surface area contributed by atoms with E-state index in [1.165, 1.54) is 12.1 Å². The van der Waals surface area contributed by atoms with Crippen molar-refractivity contribution in [2.45, 2.75) is 17.9 Å². The van der Waals surface area contributed by atoms with Gasteiger partial charge in [-0.2, -0.15) is 0 Å². The van der Waals surface area contributed by atoms with Crippen LogP contribution in [-0.2, 0) is 32.5 Å². The molecule has 1 saturated heterocycles. The molecule has 0 aliphatic carbocycles. The van der Waals surface area contributed by atoms with Crippen molar-refractivity contribution in [1.29, 1.82) is 5.41 Å². The molecule has 4 aromatic rings. The SMILES string of the molecule is Cl.Cl.N=C(N)c1ccc(Cc2nc3cc(N(CC(N)=O)S(=O)(=O)c4ccccc4)ccc3n2CCN2CCOCC2)cc1. The minimum atomic E-state index is -4.05. The Balaban J connectivity index is 0.00000253. The Morgan fingerprint density at radius 3 is 2.26 bits per heavy atom. The fraction of sp³-hybridized carbons (Fsp3) is 0.276.